The number of morpholine rings is 1. The lowest BCUT2D eigenvalue weighted by molar-refractivity contribution is 0.0342. The van der Waals surface area contributed by atoms with Crippen LogP contribution in [0.4, 0.5) is 5.69 Å². The fourth-order valence-corrected chi connectivity index (χ4v) is 4.07. The van der Waals surface area contributed by atoms with E-state index in [2.05, 4.69) is 33.4 Å². The molecule has 1 aliphatic rings. The van der Waals surface area contributed by atoms with Gasteiger partial charge in [-0.05, 0) is 30.5 Å². The van der Waals surface area contributed by atoms with Gasteiger partial charge in [0.2, 0.25) is 0 Å². The third-order valence-electron chi connectivity index (χ3n) is 4.95. The molecule has 0 saturated carbocycles. The number of halogens is 1. The number of nitrogens with zero attached hydrogens (tertiary/aromatic N) is 1. The molecule has 2 heterocycles. The summed E-state index contributed by atoms with van der Waals surface area (Å²) in [5, 5.41) is 4.54. The number of fused-ring (bicyclic) bond motifs is 1. The molecule has 1 saturated heterocycles. The smallest absolute Gasteiger partial charge is 0.272 e. The van der Waals surface area contributed by atoms with Crippen molar-refractivity contribution in [3.8, 4) is 0 Å². The van der Waals surface area contributed by atoms with Crippen molar-refractivity contribution in [2.45, 2.75) is 25.3 Å². The number of aromatic nitrogens is 1. The lowest BCUT2D eigenvalue weighted by Crippen LogP contribution is -2.36. The number of carbonyl (C=O) groups is 1. The predicted molar refractivity (Wildman–Crippen MR) is 127 cm³/mol. The number of nitrogens with one attached hydrogen (secondary N) is 2. The van der Waals surface area contributed by atoms with Crippen molar-refractivity contribution in [1.82, 2.24) is 9.88 Å². The van der Waals surface area contributed by atoms with Gasteiger partial charge in [-0.25, -0.2) is 0 Å². The summed E-state index contributed by atoms with van der Waals surface area (Å²) in [6.45, 7) is 7.87. The fourth-order valence-electron chi connectivity index (χ4n) is 3.45. The highest BCUT2D eigenvalue weighted by atomic mass is 35.5. The molecule has 1 fully saturated rings. The zero-order valence-electron chi connectivity index (χ0n) is 17.6. The first kappa shape index (κ1) is 22.7. The van der Waals surface area contributed by atoms with Crippen molar-refractivity contribution in [2.24, 2.45) is 0 Å². The highest BCUT2D eigenvalue weighted by molar-refractivity contribution is 7.98. The molecule has 1 amide bonds. The van der Waals surface area contributed by atoms with E-state index < -0.39 is 0 Å². The lowest BCUT2D eigenvalue weighted by atomic mass is 10.1. The van der Waals surface area contributed by atoms with Gasteiger partial charge in [-0.3, -0.25) is 9.69 Å². The monoisotopic (exact) mass is 445 g/mol. The minimum atomic E-state index is -0.182. The van der Waals surface area contributed by atoms with Crippen LogP contribution in [0.3, 0.4) is 0 Å². The molecule has 0 atom stereocenters. The quantitative estimate of drug-likeness (QED) is 0.498. The summed E-state index contributed by atoms with van der Waals surface area (Å²) in [5.41, 5.74) is 3.17. The molecule has 0 radical (unpaired) electrons. The number of aromatic amines is 1. The Labute approximate surface area is 187 Å². The number of anilines is 1. The maximum atomic E-state index is 13.1. The van der Waals surface area contributed by atoms with Crippen LogP contribution in [-0.2, 0) is 11.3 Å². The molecule has 7 heteroatoms. The summed E-state index contributed by atoms with van der Waals surface area (Å²) in [7, 11) is 0. The number of hydrogen-bond donors (Lipinski definition) is 2. The normalized spacial score (nSPS) is 14.3. The predicted octanol–water partition coefficient (Wildman–Crippen LogP) is 5.65. The van der Waals surface area contributed by atoms with E-state index in [1.807, 2.05) is 32.2 Å². The first-order chi connectivity index (χ1) is 14.7. The molecular formula is C23H28ClN3O2S. The number of hydrogen-bond acceptors (Lipinski definition) is 4. The molecule has 5 nitrogen and oxygen atoms in total. The van der Waals surface area contributed by atoms with E-state index in [4.69, 9.17) is 16.3 Å². The van der Waals surface area contributed by atoms with Gasteiger partial charge < -0.3 is 15.0 Å². The van der Waals surface area contributed by atoms with Crippen LogP contribution in [0, 0.1) is 0 Å². The minimum Gasteiger partial charge on any atom is -0.379 e. The van der Waals surface area contributed by atoms with Crippen LogP contribution in [0.15, 0.2) is 47.4 Å². The molecule has 4 rings (SSSR count). The Bertz CT molecular complexity index is 999. The van der Waals surface area contributed by atoms with Gasteiger partial charge in [-0.2, -0.15) is 0 Å². The van der Waals surface area contributed by atoms with E-state index in [0.717, 1.165) is 47.7 Å². The molecule has 0 bridgehead atoms. The second-order valence-electron chi connectivity index (χ2n) is 6.71. The Kier molecular flexibility index (Phi) is 8.22. The second-order valence-corrected chi connectivity index (χ2v) is 8.00. The fraction of sp³-hybridized carbons (Fsp3) is 0.348. The Morgan fingerprint density at radius 2 is 1.93 bits per heavy atom. The highest BCUT2D eigenvalue weighted by Gasteiger charge is 2.22. The molecular weight excluding hydrogens is 418 g/mol. The number of carbonyl (C=O) groups excluding carboxylic acids is 1. The zero-order chi connectivity index (χ0) is 21.5. The maximum Gasteiger partial charge on any atom is 0.272 e. The van der Waals surface area contributed by atoms with Gasteiger partial charge in [-0.1, -0.05) is 43.6 Å². The van der Waals surface area contributed by atoms with Gasteiger partial charge in [0.05, 0.1) is 23.9 Å². The standard InChI is InChI=1S/C21H22ClN3O2S.C2H6/c1-28-14-6-7-15-16(13-25-8-10-27-11-9-25)20(23-19(15)12-14)21(26)24-18-5-3-2-4-17(18)22;1-2/h2-7,12,23H,8-11,13H2,1H3,(H,24,26);1-2H3. The summed E-state index contributed by atoms with van der Waals surface area (Å²) in [5.74, 6) is -0.182. The van der Waals surface area contributed by atoms with Crippen molar-refractivity contribution in [2.75, 3.05) is 37.9 Å². The highest BCUT2D eigenvalue weighted by Crippen LogP contribution is 2.29. The Balaban J connectivity index is 0.00000124. The van der Waals surface area contributed by atoms with Crippen LogP contribution in [0.25, 0.3) is 10.9 Å². The molecule has 30 heavy (non-hydrogen) atoms. The second kappa shape index (κ2) is 10.9. The van der Waals surface area contributed by atoms with Crippen LogP contribution in [-0.4, -0.2) is 48.4 Å². The average molecular weight is 446 g/mol. The molecule has 1 aliphatic heterocycles. The summed E-state index contributed by atoms with van der Waals surface area (Å²) in [6.07, 6.45) is 2.05. The Morgan fingerprint density at radius 1 is 1.20 bits per heavy atom. The summed E-state index contributed by atoms with van der Waals surface area (Å²) >= 11 is 7.90. The molecule has 0 unspecified atom stereocenters. The van der Waals surface area contributed by atoms with E-state index >= 15 is 0 Å². The molecule has 160 valence electrons. The van der Waals surface area contributed by atoms with Gasteiger partial charge in [0.1, 0.15) is 5.69 Å². The van der Waals surface area contributed by atoms with E-state index in [1.54, 1.807) is 23.9 Å². The number of H-pyrrole nitrogens is 1. The lowest BCUT2D eigenvalue weighted by Gasteiger charge is -2.26. The average Bonchev–Trinajstić information content (AvgIpc) is 3.15. The largest absolute Gasteiger partial charge is 0.379 e. The van der Waals surface area contributed by atoms with Gasteiger partial charge in [0.25, 0.3) is 5.91 Å². The van der Waals surface area contributed by atoms with E-state index in [1.165, 1.54) is 0 Å². The van der Waals surface area contributed by atoms with Crippen LogP contribution in [0.5, 0.6) is 0 Å². The minimum absolute atomic E-state index is 0.182. The van der Waals surface area contributed by atoms with Crippen LogP contribution in [0.1, 0.15) is 29.9 Å². The topological polar surface area (TPSA) is 57.4 Å². The van der Waals surface area contributed by atoms with E-state index in [-0.39, 0.29) is 5.91 Å². The number of amides is 1. The van der Waals surface area contributed by atoms with Crippen LogP contribution < -0.4 is 5.32 Å². The van der Waals surface area contributed by atoms with Gasteiger partial charge in [0, 0.05) is 41.0 Å². The molecule has 2 N–H and O–H groups in total. The number of benzene rings is 2. The summed E-state index contributed by atoms with van der Waals surface area (Å²) in [4.78, 5) is 19.9. The number of rotatable bonds is 5. The Morgan fingerprint density at radius 3 is 2.63 bits per heavy atom. The molecule has 2 aromatic carbocycles. The molecule has 1 aromatic heterocycles. The third kappa shape index (κ3) is 5.19. The number of thioether (sulfide) groups is 1. The van der Waals surface area contributed by atoms with Gasteiger partial charge in [-0.15, -0.1) is 11.8 Å². The summed E-state index contributed by atoms with van der Waals surface area (Å²) in [6, 6.07) is 13.5. The maximum absolute atomic E-state index is 13.1. The van der Waals surface area contributed by atoms with Crippen molar-refractivity contribution in [1.29, 1.82) is 0 Å². The van der Waals surface area contributed by atoms with Crippen LogP contribution >= 0.6 is 23.4 Å². The SMILES string of the molecule is CC.CSc1ccc2c(CN3CCOCC3)c(C(=O)Nc3ccccc3Cl)[nH]c2c1. The number of para-hydroxylation sites is 1. The van der Waals surface area contributed by atoms with E-state index in [9.17, 15) is 4.79 Å². The van der Waals surface area contributed by atoms with Crippen LogP contribution in [0.2, 0.25) is 5.02 Å². The van der Waals surface area contributed by atoms with Crippen molar-refractivity contribution in [3.63, 3.8) is 0 Å². The molecule has 0 spiro atoms. The van der Waals surface area contributed by atoms with Gasteiger partial charge >= 0.3 is 0 Å². The van der Waals surface area contributed by atoms with Crippen molar-refractivity contribution in [3.05, 3.63) is 58.7 Å². The number of ether oxygens (including phenoxy) is 1. The first-order valence-electron chi connectivity index (χ1n) is 10.2. The zero-order valence-corrected chi connectivity index (χ0v) is 19.2. The molecule has 0 aliphatic carbocycles. The Hall–Kier alpha value is -1.99. The third-order valence-corrected chi connectivity index (χ3v) is 6.00. The van der Waals surface area contributed by atoms with Crippen molar-refractivity contribution < 1.29 is 9.53 Å². The summed E-state index contributed by atoms with van der Waals surface area (Å²) < 4.78 is 5.46. The first-order valence-corrected chi connectivity index (χ1v) is 11.8. The van der Waals surface area contributed by atoms with Crippen molar-refractivity contribution >= 4 is 45.9 Å². The molecule has 3 aromatic rings. The van der Waals surface area contributed by atoms with E-state index in [0.29, 0.717) is 22.9 Å². The van der Waals surface area contributed by atoms with Gasteiger partial charge in [0.15, 0.2) is 0 Å².